The van der Waals surface area contributed by atoms with Crippen molar-refractivity contribution < 1.29 is 14.3 Å². The Morgan fingerprint density at radius 2 is 2.07 bits per heavy atom. The van der Waals surface area contributed by atoms with E-state index in [-0.39, 0.29) is 17.4 Å². The molecule has 1 aliphatic carbocycles. The van der Waals surface area contributed by atoms with E-state index in [4.69, 9.17) is 9.47 Å². The third-order valence-electron chi connectivity index (χ3n) is 6.19. The third-order valence-corrected chi connectivity index (χ3v) is 6.19. The van der Waals surface area contributed by atoms with E-state index in [0.29, 0.717) is 19.6 Å². The molecule has 2 aliphatic heterocycles. The summed E-state index contributed by atoms with van der Waals surface area (Å²) in [5, 5.41) is 12.1. The van der Waals surface area contributed by atoms with E-state index in [0.717, 1.165) is 41.0 Å². The first-order valence-corrected chi connectivity index (χ1v) is 10.3. The number of nitrogens with zero attached hydrogens (tertiary/aromatic N) is 2. The fraction of sp³-hybridized carbons (Fsp3) is 0.522. The van der Waals surface area contributed by atoms with Gasteiger partial charge < -0.3 is 14.8 Å². The molecule has 0 saturated carbocycles. The molecule has 2 heterocycles. The summed E-state index contributed by atoms with van der Waals surface area (Å²) in [7, 11) is 1.66. The molecular formula is C23H29N3O3. The van der Waals surface area contributed by atoms with E-state index in [9.17, 15) is 4.79 Å². The predicted molar refractivity (Wildman–Crippen MR) is 111 cm³/mol. The van der Waals surface area contributed by atoms with Gasteiger partial charge in [0, 0.05) is 30.4 Å². The number of methoxy groups -OCH3 is 1. The number of hydrogen-bond donors (Lipinski definition) is 1. The Morgan fingerprint density at radius 1 is 1.24 bits per heavy atom. The standard InChI is InChI=1S/C23H29N3O3/c1-5-23(15-7-6-8-16(11-15)29-10-9-28-4)17-14-24-26-21(17)25-18-12-22(2,3)13-19(27)20(18)23/h6-8,11,14,21,25H,5,9-10,12-13H2,1-4H3. The molecule has 154 valence electrons. The largest absolute Gasteiger partial charge is 0.491 e. The molecule has 0 saturated heterocycles. The first kappa shape index (κ1) is 19.8. The van der Waals surface area contributed by atoms with Gasteiger partial charge in [0.25, 0.3) is 0 Å². The Labute approximate surface area is 172 Å². The van der Waals surface area contributed by atoms with Gasteiger partial charge in [-0.25, -0.2) is 0 Å². The molecule has 2 unspecified atom stereocenters. The van der Waals surface area contributed by atoms with Gasteiger partial charge >= 0.3 is 0 Å². The molecule has 0 radical (unpaired) electrons. The zero-order chi connectivity index (χ0) is 20.6. The van der Waals surface area contributed by atoms with E-state index in [1.54, 1.807) is 7.11 Å². The van der Waals surface area contributed by atoms with Crippen LogP contribution in [-0.2, 0) is 14.9 Å². The lowest BCUT2D eigenvalue weighted by molar-refractivity contribution is -0.119. The molecule has 2 atom stereocenters. The zero-order valence-electron chi connectivity index (χ0n) is 17.6. The summed E-state index contributed by atoms with van der Waals surface area (Å²) >= 11 is 0. The van der Waals surface area contributed by atoms with E-state index < -0.39 is 5.41 Å². The van der Waals surface area contributed by atoms with E-state index in [1.165, 1.54) is 0 Å². The van der Waals surface area contributed by atoms with Crippen molar-refractivity contribution in [1.29, 1.82) is 0 Å². The minimum atomic E-state index is -0.539. The number of fused-ring (bicyclic) bond motifs is 1. The monoisotopic (exact) mass is 395 g/mol. The SMILES string of the molecule is CCC1(c2cccc(OCCOC)c2)C2=CN=NC2NC2=C1C(=O)CC(C)(C)C2. The van der Waals surface area contributed by atoms with Gasteiger partial charge in [-0.1, -0.05) is 32.9 Å². The van der Waals surface area contributed by atoms with Crippen LogP contribution in [0.3, 0.4) is 0 Å². The Kier molecular flexibility index (Phi) is 5.07. The van der Waals surface area contributed by atoms with E-state index >= 15 is 0 Å². The fourth-order valence-corrected chi connectivity index (χ4v) is 4.98. The Balaban J connectivity index is 1.85. The van der Waals surface area contributed by atoms with Crippen LogP contribution >= 0.6 is 0 Å². The number of hydrogen-bond acceptors (Lipinski definition) is 6. The molecule has 6 nitrogen and oxygen atoms in total. The maximum atomic E-state index is 13.4. The summed E-state index contributed by atoms with van der Waals surface area (Å²) in [6.07, 6.45) is 3.75. The van der Waals surface area contributed by atoms with Crippen molar-refractivity contribution >= 4 is 5.78 Å². The lowest BCUT2D eigenvalue weighted by atomic mass is 9.59. The molecule has 0 amide bonds. The highest BCUT2D eigenvalue weighted by atomic mass is 16.5. The molecule has 1 aromatic rings. The minimum Gasteiger partial charge on any atom is -0.491 e. The van der Waals surface area contributed by atoms with Crippen molar-refractivity contribution in [2.45, 2.75) is 51.6 Å². The molecule has 4 rings (SSSR count). The molecule has 1 N–H and O–H groups in total. The van der Waals surface area contributed by atoms with Crippen LogP contribution in [0.25, 0.3) is 0 Å². The number of carbonyl (C=O) groups excluding carboxylic acids is 1. The van der Waals surface area contributed by atoms with Crippen molar-refractivity contribution in [3.63, 3.8) is 0 Å². The topological polar surface area (TPSA) is 72.3 Å². The summed E-state index contributed by atoms with van der Waals surface area (Å²) in [6, 6.07) is 8.08. The van der Waals surface area contributed by atoms with Gasteiger partial charge in [0.05, 0.1) is 18.2 Å². The number of ketones is 1. The highest BCUT2D eigenvalue weighted by Gasteiger charge is 2.52. The quantitative estimate of drug-likeness (QED) is 0.730. The minimum absolute atomic E-state index is 0.0650. The van der Waals surface area contributed by atoms with Crippen LogP contribution in [0.4, 0.5) is 0 Å². The van der Waals surface area contributed by atoms with Crippen LogP contribution < -0.4 is 10.1 Å². The van der Waals surface area contributed by atoms with Crippen LogP contribution in [0, 0.1) is 5.41 Å². The Morgan fingerprint density at radius 3 is 2.83 bits per heavy atom. The molecule has 0 fully saturated rings. The lowest BCUT2D eigenvalue weighted by Gasteiger charge is -2.47. The second-order valence-electron chi connectivity index (χ2n) is 8.78. The van der Waals surface area contributed by atoms with Gasteiger partial charge in [-0.15, -0.1) is 0 Å². The summed E-state index contributed by atoms with van der Waals surface area (Å²) in [6.45, 7) is 7.45. The first-order chi connectivity index (χ1) is 13.9. The highest BCUT2D eigenvalue weighted by molar-refractivity contribution is 6.01. The lowest BCUT2D eigenvalue weighted by Crippen LogP contribution is -2.51. The maximum absolute atomic E-state index is 13.4. The summed E-state index contributed by atoms with van der Waals surface area (Å²) in [5.41, 5.74) is 3.39. The second-order valence-corrected chi connectivity index (χ2v) is 8.78. The number of carbonyl (C=O) groups is 1. The molecular weight excluding hydrogens is 366 g/mol. The molecule has 0 bridgehead atoms. The van der Waals surface area contributed by atoms with Gasteiger partial charge in [0.15, 0.2) is 11.9 Å². The molecule has 6 heteroatoms. The first-order valence-electron chi connectivity index (χ1n) is 10.3. The van der Waals surface area contributed by atoms with Crippen molar-refractivity contribution in [2.24, 2.45) is 15.6 Å². The van der Waals surface area contributed by atoms with Gasteiger partial charge in [-0.05, 0) is 36.0 Å². The smallest absolute Gasteiger partial charge is 0.164 e. The van der Waals surface area contributed by atoms with Crippen molar-refractivity contribution in [3.05, 3.63) is 52.9 Å². The van der Waals surface area contributed by atoms with Crippen LogP contribution in [0.15, 0.2) is 57.5 Å². The molecule has 29 heavy (non-hydrogen) atoms. The van der Waals surface area contributed by atoms with Crippen molar-refractivity contribution in [3.8, 4) is 5.75 Å². The second kappa shape index (κ2) is 7.41. The number of Topliss-reactive ketones (excluding diaryl/α,β-unsaturated/α-hetero) is 1. The zero-order valence-corrected chi connectivity index (χ0v) is 17.6. The number of benzene rings is 1. The Hall–Kier alpha value is -2.47. The van der Waals surface area contributed by atoms with Gasteiger partial charge in [-0.3, -0.25) is 4.79 Å². The number of azo groups is 1. The average Bonchev–Trinajstić information content (AvgIpc) is 3.14. The predicted octanol–water partition coefficient (Wildman–Crippen LogP) is 4.28. The van der Waals surface area contributed by atoms with Gasteiger partial charge in [-0.2, -0.15) is 10.2 Å². The molecule has 3 aliphatic rings. The average molecular weight is 396 g/mol. The Bertz CT molecular complexity index is 916. The maximum Gasteiger partial charge on any atom is 0.164 e. The van der Waals surface area contributed by atoms with E-state index in [1.807, 2.05) is 18.3 Å². The highest BCUT2D eigenvalue weighted by Crippen LogP contribution is 2.53. The fourth-order valence-electron chi connectivity index (χ4n) is 4.98. The van der Waals surface area contributed by atoms with Crippen LogP contribution in [-0.4, -0.2) is 32.3 Å². The van der Waals surface area contributed by atoms with Crippen LogP contribution in [0.2, 0.25) is 0 Å². The number of allylic oxidation sites excluding steroid dienone is 2. The van der Waals surface area contributed by atoms with E-state index in [2.05, 4.69) is 48.4 Å². The number of nitrogens with one attached hydrogen (secondary N) is 1. The molecule has 1 aromatic carbocycles. The number of ether oxygens (including phenoxy) is 2. The van der Waals surface area contributed by atoms with Crippen LogP contribution in [0.1, 0.15) is 45.6 Å². The van der Waals surface area contributed by atoms with Crippen molar-refractivity contribution in [1.82, 2.24) is 5.32 Å². The number of rotatable bonds is 6. The van der Waals surface area contributed by atoms with Gasteiger partial charge in [0.2, 0.25) is 0 Å². The summed E-state index contributed by atoms with van der Waals surface area (Å²) in [5.74, 6) is 0.989. The summed E-state index contributed by atoms with van der Waals surface area (Å²) in [4.78, 5) is 13.4. The summed E-state index contributed by atoms with van der Waals surface area (Å²) < 4.78 is 11.0. The van der Waals surface area contributed by atoms with Crippen molar-refractivity contribution in [2.75, 3.05) is 20.3 Å². The normalized spacial score (nSPS) is 27.2. The van der Waals surface area contributed by atoms with Crippen LogP contribution in [0.5, 0.6) is 5.75 Å². The molecule has 0 spiro atoms. The third kappa shape index (κ3) is 3.29. The molecule has 0 aromatic heterocycles. The van der Waals surface area contributed by atoms with Gasteiger partial charge in [0.1, 0.15) is 12.4 Å².